The highest BCUT2D eigenvalue weighted by Crippen LogP contribution is 2.32. The number of nitrogens with one attached hydrogen (secondary N) is 1. The number of carbonyl (C=O) groups is 2. The van der Waals surface area contributed by atoms with E-state index >= 15 is 0 Å². The van der Waals surface area contributed by atoms with Crippen molar-refractivity contribution in [1.82, 2.24) is 10.2 Å². The largest absolute Gasteiger partial charge is 0.342 e. The van der Waals surface area contributed by atoms with E-state index in [-0.39, 0.29) is 24.2 Å². The molecule has 0 saturated carbocycles. The molecular weight excluding hydrogens is 338 g/mol. The number of amides is 2. The van der Waals surface area contributed by atoms with Gasteiger partial charge in [0.15, 0.2) is 0 Å². The molecule has 2 aliphatic rings. The van der Waals surface area contributed by atoms with Crippen molar-refractivity contribution in [2.75, 3.05) is 38.1 Å². The molecule has 2 heterocycles. The maximum Gasteiger partial charge on any atom is 0.228 e. The van der Waals surface area contributed by atoms with Crippen LogP contribution >= 0.6 is 11.6 Å². The smallest absolute Gasteiger partial charge is 0.228 e. The third kappa shape index (κ3) is 4.15. The van der Waals surface area contributed by atoms with Gasteiger partial charge < -0.3 is 15.1 Å². The zero-order valence-corrected chi connectivity index (χ0v) is 15.5. The molecule has 6 heteroatoms. The molecule has 1 aromatic rings. The Morgan fingerprint density at radius 3 is 2.68 bits per heavy atom. The van der Waals surface area contributed by atoms with Gasteiger partial charge in [-0.3, -0.25) is 9.59 Å². The quantitative estimate of drug-likeness (QED) is 0.874. The van der Waals surface area contributed by atoms with Gasteiger partial charge in [0.25, 0.3) is 0 Å². The van der Waals surface area contributed by atoms with Gasteiger partial charge in [-0.25, -0.2) is 0 Å². The first kappa shape index (κ1) is 18.2. The minimum atomic E-state index is -0.252. The van der Waals surface area contributed by atoms with E-state index in [0.717, 1.165) is 32.5 Å². The van der Waals surface area contributed by atoms with Crippen LogP contribution in [0.4, 0.5) is 5.69 Å². The Morgan fingerprint density at radius 2 is 2.00 bits per heavy atom. The summed E-state index contributed by atoms with van der Waals surface area (Å²) in [7, 11) is 1.97. The maximum atomic E-state index is 12.8. The molecule has 0 aromatic heterocycles. The molecule has 136 valence electrons. The van der Waals surface area contributed by atoms with Gasteiger partial charge in [-0.05, 0) is 50.9 Å². The molecule has 0 bridgehead atoms. The zero-order valence-electron chi connectivity index (χ0n) is 14.7. The number of halogens is 1. The second-order valence-corrected chi connectivity index (χ2v) is 7.42. The average molecular weight is 364 g/mol. The first-order valence-corrected chi connectivity index (χ1v) is 9.46. The van der Waals surface area contributed by atoms with Crippen molar-refractivity contribution in [2.45, 2.75) is 25.7 Å². The third-order valence-corrected chi connectivity index (χ3v) is 5.67. The lowest BCUT2D eigenvalue weighted by atomic mass is 9.92. The number of hydrogen-bond acceptors (Lipinski definition) is 3. The second-order valence-electron chi connectivity index (χ2n) is 7.02. The molecule has 0 aliphatic carbocycles. The Kier molecular flexibility index (Phi) is 5.97. The van der Waals surface area contributed by atoms with E-state index in [9.17, 15) is 9.59 Å². The standard InChI is InChI=1S/C19H26ClN3O2/c1-21-9-6-14-7-10-22(11-8-14)19(25)15-12-18(24)23(13-15)17-5-3-2-4-16(17)20/h2-5,14-15,21H,6-13H2,1H3. The van der Waals surface area contributed by atoms with Crippen LogP contribution in [0.5, 0.6) is 0 Å². The van der Waals surface area contributed by atoms with Crippen molar-refractivity contribution in [3.05, 3.63) is 29.3 Å². The molecule has 1 N–H and O–H groups in total. The summed E-state index contributed by atoms with van der Waals surface area (Å²) in [6, 6.07) is 7.31. The molecular formula is C19H26ClN3O2. The second kappa shape index (κ2) is 8.19. The predicted octanol–water partition coefficient (Wildman–Crippen LogP) is 2.54. The van der Waals surface area contributed by atoms with Crippen molar-refractivity contribution in [1.29, 1.82) is 0 Å². The molecule has 2 saturated heterocycles. The SMILES string of the molecule is CNCCC1CCN(C(=O)C2CC(=O)N(c3ccccc3Cl)C2)CC1. The summed E-state index contributed by atoms with van der Waals surface area (Å²) in [5, 5.41) is 3.74. The number of benzene rings is 1. The molecule has 25 heavy (non-hydrogen) atoms. The van der Waals surface area contributed by atoms with Crippen LogP contribution in [0.15, 0.2) is 24.3 Å². The average Bonchev–Trinajstić information content (AvgIpc) is 3.02. The summed E-state index contributed by atoms with van der Waals surface area (Å²) in [5.41, 5.74) is 0.704. The van der Waals surface area contributed by atoms with Crippen LogP contribution in [-0.2, 0) is 9.59 Å². The molecule has 1 aromatic carbocycles. The number of piperidine rings is 1. The Hall–Kier alpha value is -1.59. The lowest BCUT2D eigenvalue weighted by Crippen LogP contribution is -2.42. The van der Waals surface area contributed by atoms with Gasteiger partial charge in [-0.1, -0.05) is 23.7 Å². The van der Waals surface area contributed by atoms with Crippen molar-refractivity contribution in [3.8, 4) is 0 Å². The van der Waals surface area contributed by atoms with Gasteiger partial charge in [0.05, 0.1) is 16.6 Å². The van der Waals surface area contributed by atoms with Crippen LogP contribution in [0, 0.1) is 11.8 Å². The predicted molar refractivity (Wildman–Crippen MR) is 99.8 cm³/mol. The van der Waals surface area contributed by atoms with Crippen LogP contribution in [0.1, 0.15) is 25.7 Å². The normalized spacial score (nSPS) is 21.8. The van der Waals surface area contributed by atoms with E-state index in [2.05, 4.69) is 5.32 Å². The van der Waals surface area contributed by atoms with Gasteiger partial charge in [-0.15, -0.1) is 0 Å². The summed E-state index contributed by atoms with van der Waals surface area (Å²) < 4.78 is 0. The summed E-state index contributed by atoms with van der Waals surface area (Å²) in [6.45, 7) is 3.08. The first-order chi connectivity index (χ1) is 12.1. The maximum absolute atomic E-state index is 12.8. The first-order valence-electron chi connectivity index (χ1n) is 9.08. The van der Waals surface area contributed by atoms with Crippen LogP contribution in [0.3, 0.4) is 0 Å². The van der Waals surface area contributed by atoms with E-state index in [1.807, 2.05) is 30.1 Å². The molecule has 2 fully saturated rings. The number of carbonyl (C=O) groups excluding carboxylic acids is 2. The highest BCUT2D eigenvalue weighted by Gasteiger charge is 2.38. The number of nitrogens with zero attached hydrogens (tertiary/aromatic N) is 2. The highest BCUT2D eigenvalue weighted by atomic mass is 35.5. The van der Waals surface area contributed by atoms with E-state index < -0.39 is 0 Å². The molecule has 1 unspecified atom stereocenters. The van der Waals surface area contributed by atoms with Crippen LogP contribution < -0.4 is 10.2 Å². The van der Waals surface area contributed by atoms with Crippen LogP contribution in [0.25, 0.3) is 0 Å². The molecule has 2 amide bonds. The summed E-state index contributed by atoms with van der Waals surface area (Å²) in [5.74, 6) is 0.546. The van der Waals surface area contributed by atoms with Crippen molar-refractivity contribution >= 4 is 29.1 Å². The Labute approximate surface area is 154 Å². The highest BCUT2D eigenvalue weighted by molar-refractivity contribution is 6.33. The fourth-order valence-corrected chi connectivity index (χ4v) is 4.06. The summed E-state index contributed by atoms with van der Waals surface area (Å²) in [6.07, 6.45) is 3.56. The third-order valence-electron chi connectivity index (χ3n) is 5.35. The van der Waals surface area contributed by atoms with Gasteiger partial charge in [0, 0.05) is 26.1 Å². The molecule has 5 nitrogen and oxygen atoms in total. The van der Waals surface area contributed by atoms with Gasteiger partial charge >= 0.3 is 0 Å². The van der Waals surface area contributed by atoms with E-state index in [1.54, 1.807) is 11.0 Å². The fourth-order valence-electron chi connectivity index (χ4n) is 3.83. The van der Waals surface area contributed by atoms with Gasteiger partial charge in [0.1, 0.15) is 0 Å². The van der Waals surface area contributed by atoms with E-state index in [1.165, 1.54) is 6.42 Å². The Bertz CT molecular complexity index is 629. The monoisotopic (exact) mass is 363 g/mol. The Balaban J connectivity index is 1.58. The number of anilines is 1. The number of hydrogen-bond donors (Lipinski definition) is 1. The van der Waals surface area contributed by atoms with E-state index in [0.29, 0.717) is 23.2 Å². The van der Waals surface area contributed by atoms with Crippen LogP contribution in [0.2, 0.25) is 5.02 Å². The molecule has 0 radical (unpaired) electrons. The Morgan fingerprint density at radius 1 is 1.28 bits per heavy atom. The molecule has 1 atom stereocenters. The molecule has 2 aliphatic heterocycles. The topological polar surface area (TPSA) is 52.7 Å². The van der Waals surface area contributed by atoms with Crippen molar-refractivity contribution < 1.29 is 9.59 Å². The minimum Gasteiger partial charge on any atom is -0.342 e. The summed E-state index contributed by atoms with van der Waals surface area (Å²) >= 11 is 6.21. The van der Waals surface area contributed by atoms with Gasteiger partial charge in [0.2, 0.25) is 11.8 Å². The van der Waals surface area contributed by atoms with Gasteiger partial charge in [-0.2, -0.15) is 0 Å². The number of rotatable bonds is 5. The van der Waals surface area contributed by atoms with E-state index in [4.69, 9.17) is 11.6 Å². The molecule has 0 spiro atoms. The van der Waals surface area contributed by atoms with Crippen molar-refractivity contribution in [2.24, 2.45) is 11.8 Å². The minimum absolute atomic E-state index is 0.0182. The molecule has 3 rings (SSSR count). The van der Waals surface area contributed by atoms with Crippen molar-refractivity contribution in [3.63, 3.8) is 0 Å². The fraction of sp³-hybridized carbons (Fsp3) is 0.579. The van der Waals surface area contributed by atoms with Crippen LogP contribution in [-0.4, -0.2) is 49.9 Å². The zero-order chi connectivity index (χ0) is 17.8. The lowest BCUT2D eigenvalue weighted by molar-refractivity contribution is -0.137. The number of likely N-dealkylation sites (tertiary alicyclic amines) is 1. The lowest BCUT2D eigenvalue weighted by Gasteiger charge is -2.33. The number of para-hydroxylation sites is 1. The summed E-state index contributed by atoms with van der Waals surface area (Å²) in [4.78, 5) is 28.8.